The fraction of sp³-hybridized carbons (Fsp3) is 0.450. The Morgan fingerprint density at radius 3 is 2.30 bits per heavy atom. The van der Waals surface area contributed by atoms with Crippen LogP contribution in [0, 0.1) is 5.92 Å². The molecule has 0 spiro atoms. The molecule has 1 aliphatic rings. The van der Waals surface area contributed by atoms with Crippen LogP contribution < -0.4 is 0 Å². The number of alkyl halides is 3. The van der Waals surface area contributed by atoms with Gasteiger partial charge in [0, 0.05) is 9.75 Å². The number of nitrogens with zero attached hydrogens (tertiary/aromatic N) is 1. The molecule has 2 aromatic rings. The van der Waals surface area contributed by atoms with Gasteiger partial charge in [0.05, 0.1) is 17.5 Å². The molecule has 0 bridgehead atoms. The predicted octanol–water partition coefficient (Wildman–Crippen LogP) is 5.22. The van der Waals surface area contributed by atoms with Crippen LogP contribution in [0.15, 0.2) is 36.4 Å². The third-order valence-corrected chi connectivity index (χ3v) is 6.38. The van der Waals surface area contributed by atoms with Crippen LogP contribution in [0.1, 0.15) is 46.7 Å². The molecule has 1 saturated heterocycles. The fourth-order valence-corrected chi connectivity index (χ4v) is 4.66. The molecule has 146 valence electrons. The Balaban J connectivity index is 1.90. The van der Waals surface area contributed by atoms with Crippen LogP contribution in [0.2, 0.25) is 0 Å². The number of aliphatic carboxylic acids is 1. The summed E-state index contributed by atoms with van der Waals surface area (Å²) in [6.07, 6.45) is -2.34. The van der Waals surface area contributed by atoms with E-state index in [-0.39, 0.29) is 12.0 Å². The zero-order valence-corrected chi connectivity index (χ0v) is 15.8. The summed E-state index contributed by atoms with van der Waals surface area (Å²) in [5, 5.41) is 9.22. The molecule has 27 heavy (non-hydrogen) atoms. The van der Waals surface area contributed by atoms with Crippen LogP contribution >= 0.6 is 11.3 Å². The minimum absolute atomic E-state index is 0.146. The number of hydrogen-bond acceptors (Lipinski definition) is 3. The summed E-state index contributed by atoms with van der Waals surface area (Å²) >= 11 is 1.67. The molecule has 1 aliphatic heterocycles. The fourth-order valence-electron chi connectivity index (χ4n) is 3.55. The first-order valence-electron chi connectivity index (χ1n) is 9.02. The normalized spacial score (nSPS) is 17.8. The minimum atomic E-state index is -4.35. The summed E-state index contributed by atoms with van der Waals surface area (Å²) in [5.74, 6) is -1.12. The van der Waals surface area contributed by atoms with Crippen LogP contribution in [-0.4, -0.2) is 29.1 Å². The van der Waals surface area contributed by atoms with Gasteiger partial charge in [-0.25, -0.2) is 0 Å². The molecule has 0 radical (unpaired) electrons. The molecule has 1 fully saturated rings. The van der Waals surface area contributed by atoms with Gasteiger partial charge in [-0.05, 0) is 62.2 Å². The van der Waals surface area contributed by atoms with E-state index in [0.717, 1.165) is 29.0 Å². The highest BCUT2D eigenvalue weighted by molar-refractivity contribution is 7.12. The number of thiophene rings is 1. The van der Waals surface area contributed by atoms with Crippen molar-refractivity contribution in [3.8, 4) is 0 Å². The summed E-state index contributed by atoms with van der Waals surface area (Å²) in [6.45, 7) is 3.30. The van der Waals surface area contributed by atoms with Crippen molar-refractivity contribution >= 4 is 17.3 Å². The lowest BCUT2D eigenvalue weighted by Crippen LogP contribution is -2.39. The number of carboxylic acids is 1. The van der Waals surface area contributed by atoms with Gasteiger partial charge in [-0.1, -0.05) is 19.1 Å². The van der Waals surface area contributed by atoms with Gasteiger partial charge in [0.1, 0.15) is 0 Å². The quantitative estimate of drug-likeness (QED) is 0.752. The van der Waals surface area contributed by atoms with Crippen LogP contribution in [0.4, 0.5) is 13.2 Å². The van der Waals surface area contributed by atoms with E-state index in [1.54, 1.807) is 23.5 Å². The zero-order chi connectivity index (χ0) is 19.6. The lowest BCUT2D eigenvalue weighted by molar-refractivity contribution is -0.143. The zero-order valence-electron chi connectivity index (χ0n) is 15.0. The third-order valence-electron chi connectivity index (χ3n) is 5.10. The summed E-state index contributed by atoms with van der Waals surface area (Å²) in [4.78, 5) is 15.7. The Bertz CT molecular complexity index is 777. The summed E-state index contributed by atoms with van der Waals surface area (Å²) < 4.78 is 38.7. The molecule has 0 aliphatic carbocycles. The molecule has 3 rings (SSSR count). The molecule has 2 heterocycles. The van der Waals surface area contributed by atoms with Crippen LogP contribution in [0.5, 0.6) is 0 Å². The van der Waals surface area contributed by atoms with Gasteiger partial charge in [-0.15, -0.1) is 11.3 Å². The largest absolute Gasteiger partial charge is 0.481 e. The van der Waals surface area contributed by atoms with Gasteiger partial charge in [-0.2, -0.15) is 13.2 Å². The average molecular weight is 397 g/mol. The van der Waals surface area contributed by atoms with Crippen molar-refractivity contribution in [3.05, 3.63) is 57.3 Å². The van der Waals surface area contributed by atoms with Gasteiger partial charge in [0.15, 0.2) is 0 Å². The monoisotopic (exact) mass is 397 g/mol. The van der Waals surface area contributed by atoms with E-state index >= 15 is 0 Å². The van der Waals surface area contributed by atoms with Crippen molar-refractivity contribution in [2.75, 3.05) is 13.1 Å². The summed E-state index contributed by atoms with van der Waals surface area (Å²) in [7, 11) is 0. The maximum absolute atomic E-state index is 12.9. The number of halogens is 3. The SMILES string of the molecule is CCc1ccc(C(c2ccc(C(F)(F)F)cc2)N2CCC(C(=O)O)CC2)s1. The lowest BCUT2D eigenvalue weighted by Gasteiger charge is -2.36. The van der Waals surface area contributed by atoms with Gasteiger partial charge in [-0.3, -0.25) is 9.69 Å². The number of aryl methyl sites for hydroxylation is 1. The molecule has 0 saturated carbocycles. The first-order valence-corrected chi connectivity index (χ1v) is 9.84. The second-order valence-corrected chi connectivity index (χ2v) is 8.03. The van der Waals surface area contributed by atoms with E-state index < -0.39 is 17.7 Å². The number of piperidine rings is 1. The van der Waals surface area contributed by atoms with Gasteiger partial charge in [0.2, 0.25) is 0 Å². The molecule has 1 N–H and O–H groups in total. The average Bonchev–Trinajstić information content (AvgIpc) is 3.11. The van der Waals surface area contributed by atoms with Crippen molar-refractivity contribution in [2.24, 2.45) is 5.92 Å². The summed E-state index contributed by atoms with van der Waals surface area (Å²) in [5.41, 5.74) is 0.149. The number of carboxylic acid groups (broad SMARTS) is 1. The maximum atomic E-state index is 12.9. The Labute approximate surface area is 160 Å². The molecule has 1 aromatic carbocycles. The molecule has 0 amide bonds. The van der Waals surface area contributed by atoms with E-state index in [4.69, 9.17) is 0 Å². The van der Waals surface area contributed by atoms with Gasteiger partial charge in [0.25, 0.3) is 0 Å². The van der Waals surface area contributed by atoms with E-state index in [9.17, 15) is 23.1 Å². The highest BCUT2D eigenvalue weighted by Crippen LogP contribution is 2.37. The number of benzene rings is 1. The minimum Gasteiger partial charge on any atom is -0.481 e. The van der Waals surface area contributed by atoms with Crippen molar-refractivity contribution in [2.45, 2.75) is 38.4 Å². The van der Waals surface area contributed by atoms with Gasteiger partial charge >= 0.3 is 12.1 Å². The molecule has 3 nitrogen and oxygen atoms in total. The Morgan fingerprint density at radius 2 is 1.81 bits per heavy atom. The first kappa shape index (κ1) is 19.9. The lowest BCUT2D eigenvalue weighted by atomic mass is 9.93. The Morgan fingerprint density at radius 1 is 1.19 bits per heavy atom. The van der Waals surface area contributed by atoms with Crippen LogP contribution in [0.3, 0.4) is 0 Å². The number of rotatable bonds is 5. The van der Waals surface area contributed by atoms with Gasteiger partial charge < -0.3 is 5.11 Å². The Kier molecular flexibility index (Phi) is 5.91. The van der Waals surface area contributed by atoms with E-state index in [2.05, 4.69) is 17.9 Å². The molecule has 1 atom stereocenters. The van der Waals surface area contributed by atoms with Crippen molar-refractivity contribution in [1.82, 2.24) is 4.90 Å². The predicted molar refractivity (Wildman–Crippen MR) is 98.9 cm³/mol. The highest BCUT2D eigenvalue weighted by Gasteiger charge is 2.33. The maximum Gasteiger partial charge on any atom is 0.416 e. The topological polar surface area (TPSA) is 40.5 Å². The van der Waals surface area contributed by atoms with E-state index in [1.807, 2.05) is 6.07 Å². The molecule has 1 unspecified atom stereocenters. The molecular weight excluding hydrogens is 375 g/mol. The van der Waals surface area contributed by atoms with Crippen molar-refractivity contribution < 1.29 is 23.1 Å². The smallest absolute Gasteiger partial charge is 0.416 e. The molecule has 7 heteroatoms. The van der Waals surface area contributed by atoms with Crippen LogP contribution in [0.25, 0.3) is 0 Å². The number of carbonyl (C=O) groups is 1. The standard InChI is InChI=1S/C20H22F3NO2S/c1-2-16-7-8-17(27-16)18(24-11-9-14(10-12-24)19(25)26)13-3-5-15(6-4-13)20(21,22)23/h3-8,14,18H,2,9-12H2,1H3,(H,25,26). The number of hydrogen-bond donors (Lipinski definition) is 1. The van der Waals surface area contributed by atoms with Crippen LogP contribution in [-0.2, 0) is 17.4 Å². The number of likely N-dealkylation sites (tertiary alicyclic amines) is 1. The first-order chi connectivity index (χ1) is 12.8. The highest BCUT2D eigenvalue weighted by atomic mass is 32.1. The second kappa shape index (κ2) is 8.02. The Hall–Kier alpha value is -1.86. The molecule has 1 aromatic heterocycles. The van der Waals surface area contributed by atoms with Crippen molar-refractivity contribution in [1.29, 1.82) is 0 Å². The van der Waals surface area contributed by atoms with Crippen molar-refractivity contribution in [3.63, 3.8) is 0 Å². The molecular formula is C20H22F3NO2S. The van der Waals surface area contributed by atoms with E-state index in [0.29, 0.717) is 25.9 Å². The summed E-state index contributed by atoms with van der Waals surface area (Å²) in [6, 6.07) is 9.29. The second-order valence-electron chi connectivity index (χ2n) is 6.83. The van der Waals surface area contributed by atoms with E-state index in [1.165, 1.54) is 4.88 Å². The third kappa shape index (κ3) is 4.52.